The molecule has 3 rings (SSSR count). The van der Waals surface area contributed by atoms with Crippen LogP contribution in [0.3, 0.4) is 0 Å². The van der Waals surface area contributed by atoms with E-state index in [1.165, 1.54) is 12.1 Å². The van der Waals surface area contributed by atoms with Crippen molar-refractivity contribution in [3.8, 4) is 28.6 Å². The third kappa shape index (κ3) is 6.93. The van der Waals surface area contributed by atoms with E-state index < -0.39 is 23.1 Å². The second kappa shape index (κ2) is 13.4. The lowest BCUT2D eigenvalue weighted by atomic mass is 10.1. The van der Waals surface area contributed by atoms with Crippen LogP contribution >= 0.6 is 0 Å². The highest BCUT2D eigenvalue weighted by Crippen LogP contribution is 2.38. The van der Waals surface area contributed by atoms with Gasteiger partial charge in [-0.25, -0.2) is 0 Å². The predicted octanol–water partition coefficient (Wildman–Crippen LogP) is 4.08. The first-order chi connectivity index (χ1) is 17.5. The van der Waals surface area contributed by atoms with Crippen molar-refractivity contribution in [1.82, 2.24) is 0 Å². The van der Waals surface area contributed by atoms with Crippen LogP contribution in [0, 0.1) is 0 Å². The van der Waals surface area contributed by atoms with Gasteiger partial charge < -0.3 is 29.2 Å². The van der Waals surface area contributed by atoms with Gasteiger partial charge in [-0.2, -0.15) is 0 Å². The molecule has 1 heterocycles. The Morgan fingerprint density at radius 1 is 0.778 bits per heavy atom. The number of ether oxygens (including phenoxy) is 2. The van der Waals surface area contributed by atoms with Gasteiger partial charge in [0.15, 0.2) is 17.3 Å². The molecule has 0 aliphatic rings. The molecule has 1 aromatic heterocycles. The maximum absolute atomic E-state index is 13.2. The predicted molar refractivity (Wildman–Crippen MR) is 132 cm³/mol. The number of hydrogen-bond donors (Lipinski definition) is 3. The topological polar surface area (TPSA) is 144 Å². The summed E-state index contributed by atoms with van der Waals surface area (Å²) in [5.74, 6) is -2.40. The van der Waals surface area contributed by atoms with E-state index in [0.717, 1.165) is 0 Å². The third-order valence-electron chi connectivity index (χ3n) is 5.51. The van der Waals surface area contributed by atoms with E-state index in [2.05, 4.69) is 0 Å². The zero-order valence-electron chi connectivity index (χ0n) is 19.9. The number of fused-ring (bicyclic) bond motifs is 1. The molecule has 0 bridgehead atoms. The van der Waals surface area contributed by atoms with E-state index >= 15 is 0 Å². The fourth-order valence-electron chi connectivity index (χ4n) is 3.65. The minimum atomic E-state index is -0.834. The Kier molecular flexibility index (Phi) is 10.0. The summed E-state index contributed by atoms with van der Waals surface area (Å²) in [5.41, 5.74) is -0.309. The summed E-state index contributed by atoms with van der Waals surface area (Å²) >= 11 is 0. The molecule has 0 aliphatic carbocycles. The summed E-state index contributed by atoms with van der Waals surface area (Å²) in [4.78, 5) is 38.1. The first-order valence-electron chi connectivity index (χ1n) is 12.0. The van der Waals surface area contributed by atoms with Gasteiger partial charge in [-0.3, -0.25) is 14.4 Å². The molecule has 0 aliphatic heterocycles. The zero-order chi connectivity index (χ0) is 25.9. The highest BCUT2D eigenvalue weighted by Gasteiger charge is 2.24. The molecule has 0 atom stereocenters. The molecule has 0 saturated carbocycles. The largest absolute Gasteiger partial charge is 0.502 e. The van der Waals surface area contributed by atoms with Crippen LogP contribution in [0.1, 0.15) is 51.4 Å². The number of benzene rings is 2. The zero-order valence-corrected chi connectivity index (χ0v) is 19.9. The highest BCUT2D eigenvalue weighted by molar-refractivity contribution is 5.92. The summed E-state index contributed by atoms with van der Waals surface area (Å²) in [6.45, 7) is 0.0449. The fourth-order valence-corrected chi connectivity index (χ4v) is 3.65. The van der Waals surface area contributed by atoms with Crippen molar-refractivity contribution in [2.45, 2.75) is 51.4 Å². The molecule has 0 saturated heterocycles. The Hall–Kier alpha value is -3.69. The minimum absolute atomic E-state index is 0.0147. The fraction of sp³-hybridized carbons (Fsp3) is 0.370. The average Bonchev–Trinajstić information content (AvgIpc) is 2.88. The summed E-state index contributed by atoms with van der Waals surface area (Å²) in [7, 11) is 0. The molecule has 0 unspecified atom stereocenters. The SMILES string of the molecule is O=C(CCCCCO)Oc1ccc2oc(-c3ccccc3)c(O)c(=O)c2c1OC(=O)CCCCCO. The van der Waals surface area contributed by atoms with Crippen molar-refractivity contribution in [2.24, 2.45) is 0 Å². The summed E-state index contributed by atoms with van der Waals surface area (Å²) in [5, 5.41) is 28.2. The second-order valence-corrected chi connectivity index (χ2v) is 8.26. The van der Waals surface area contributed by atoms with E-state index in [1.54, 1.807) is 30.3 Å². The van der Waals surface area contributed by atoms with Crippen molar-refractivity contribution < 1.29 is 38.8 Å². The van der Waals surface area contributed by atoms with Crippen LogP contribution < -0.4 is 14.9 Å². The van der Waals surface area contributed by atoms with Crippen molar-refractivity contribution in [2.75, 3.05) is 13.2 Å². The molecule has 9 heteroatoms. The van der Waals surface area contributed by atoms with E-state index in [9.17, 15) is 19.5 Å². The van der Waals surface area contributed by atoms with Gasteiger partial charge in [0.2, 0.25) is 11.2 Å². The number of aromatic hydroxyl groups is 1. The molecule has 3 aromatic rings. The molecule has 36 heavy (non-hydrogen) atoms. The van der Waals surface area contributed by atoms with Crippen molar-refractivity contribution in [3.63, 3.8) is 0 Å². The Morgan fingerprint density at radius 3 is 2.00 bits per heavy atom. The number of carbonyl (C=O) groups excluding carboxylic acids is 2. The molecule has 2 aromatic carbocycles. The van der Waals surface area contributed by atoms with Crippen LogP contribution in [0.2, 0.25) is 0 Å². The molecule has 0 radical (unpaired) electrons. The highest BCUT2D eigenvalue weighted by atomic mass is 16.6. The van der Waals surface area contributed by atoms with Crippen LogP contribution in [-0.4, -0.2) is 40.5 Å². The van der Waals surface area contributed by atoms with Gasteiger partial charge in [-0.1, -0.05) is 43.2 Å². The molecule has 0 fully saturated rings. The maximum atomic E-state index is 13.2. The van der Waals surface area contributed by atoms with Gasteiger partial charge in [0.25, 0.3) is 0 Å². The monoisotopic (exact) mass is 498 g/mol. The standard InChI is InChI=1S/C27H30O9/c28-16-8-2-6-12-21(30)34-20-15-14-19-23(27(20)36-22(31)13-7-3-9-17-29)24(32)25(33)26(35-19)18-10-4-1-5-11-18/h1,4-5,10-11,14-15,28-29,33H,2-3,6-9,12-13,16-17H2. The second-order valence-electron chi connectivity index (χ2n) is 8.26. The van der Waals surface area contributed by atoms with Crippen LogP contribution in [-0.2, 0) is 9.59 Å². The number of esters is 2. The normalized spacial score (nSPS) is 10.9. The van der Waals surface area contributed by atoms with E-state index in [1.807, 2.05) is 0 Å². The number of carbonyl (C=O) groups is 2. The first-order valence-corrected chi connectivity index (χ1v) is 12.0. The van der Waals surface area contributed by atoms with Crippen molar-refractivity contribution >= 4 is 22.9 Å². The number of hydrogen-bond acceptors (Lipinski definition) is 9. The first kappa shape index (κ1) is 26.9. The van der Waals surface area contributed by atoms with Crippen LogP contribution in [0.4, 0.5) is 0 Å². The van der Waals surface area contributed by atoms with Gasteiger partial charge >= 0.3 is 11.9 Å². The Bertz CT molecular complexity index is 1230. The van der Waals surface area contributed by atoms with Gasteiger partial charge in [0.1, 0.15) is 11.0 Å². The van der Waals surface area contributed by atoms with E-state index in [0.29, 0.717) is 44.1 Å². The molecule has 192 valence electrons. The summed E-state index contributed by atoms with van der Waals surface area (Å²) < 4.78 is 16.7. The van der Waals surface area contributed by atoms with Crippen LogP contribution in [0.5, 0.6) is 17.2 Å². The maximum Gasteiger partial charge on any atom is 0.311 e. The van der Waals surface area contributed by atoms with Crippen molar-refractivity contribution in [1.29, 1.82) is 0 Å². The number of aliphatic hydroxyl groups excluding tert-OH is 2. The minimum Gasteiger partial charge on any atom is -0.502 e. The van der Waals surface area contributed by atoms with E-state index in [-0.39, 0.29) is 54.3 Å². The summed E-state index contributed by atoms with van der Waals surface area (Å²) in [6, 6.07) is 11.4. The smallest absolute Gasteiger partial charge is 0.311 e. The number of rotatable bonds is 13. The van der Waals surface area contributed by atoms with E-state index in [4.69, 9.17) is 24.1 Å². The number of unbranched alkanes of at least 4 members (excludes halogenated alkanes) is 4. The molecule has 0 spiro atoms. The Labute approximate surface area is 207 Å². The molecule has 9 nitrogen and oxygen atoms in total. The Morgan fingerprint density at radius 2 is 1.39 bits per heavy atom. The molecule has 0 amide bonds. The molecular weight excluding hydrogens is 468 g/mol. The lowest BCUT2D eigenvalue weighted by Crippen LogP contribution is -2.14. The summed E-state index contributed by atoms with van der Waals surface area (Å²) in [6.07, 6.45) is 3.40. The van der Waals surface area contributed by atoms with Gasteiger partial charge in [0, 0.05) is 31.6 Å². The Balaban J connectivity index is 1.99. The average molecular weight is 499 g/mol. The lowest BCUT2D eigenvalue weighted by Gasteiger charge is -2.14. The van der Waals surface area contributed by atoms with Gasteiger partial charge in [-0.15, -0.1) is 0 Å². The van der Waals surface area contributed by atoms with Crippen LogP contribution in [0.25, 0.3) is 22.3 Å². The van der Waals surface area contributed by atoms with Gasteiger partial charge in [0.05, 0.1) is 0 Å². The molecule has 3 N–H and O–H groups in total. The third-order valence-corrected chi connectivity index (χ3v) is 5.51. The van der Waals surface area contributed by atoms with Crippen molar-refractivity contribution in [3.05, 3.63) is 52.7 Å². The molecular formula is C27H30O9. The lowest BCUT2D eigenvalue weighted by molar-refractivity contribution is -0.137. The van der Waals surface area contributed by atoms with Gasteiger partial charge in [-0.05, 0) is 37.8 Å². The quantitative estimate of drug-likeness (QED) is 0.180. The number of aliphatic hydroxyl groups is 2. The van der Waals surface area contributed by atoms with Crippen LogP contribution in [0.15, 0.2) is 51.7 Å².